The van der Waals surface area contributed by atoms with Crippen LogP contribution in [0.2, 0.25) is 0 Å². The Bertz CT molecular complexity index is 309. The van der Waals surface area contributed by atoms with Gasteiger partial charge in [0.2, 0.25) is 0 Å². The summed E-state index contributed by atoms with van der Waals surface area (Å²) >= 11 is 0. The van der Waals surface area contributed by atoms with Crippen molar-refractivity contribution >= 4 is 0 Å². The van der Waals surface area contributed by atoms with Crippen LogP contribution in [0.4, 0.5) is 0 Å². The molecule has 0 heteroatoms. The molecule has 0 rings (SSSR count). The first-order valence-electron chi connectivity index (χ1n) is 9.70. The summed E-state index contributed by atoms with van der Waals surface area (Å²) in [7, 11) is 0. The molecule has 22 heavy (non-hydrogen) atoms. The van der Waals surface area contributed by atoms with Gasteiger partial charge in [-0.05, 0) is 64.2 Å². The average Bonchev–Trinajstić information content (AvgIpc) is 2.42. The Morgan fingerprint density at radius 2 is 0.955 bits per heavy atom. The van der Waals surface area contributed by atoms with Gasteiger partial charge in [0.05, 0.1) is 0 Å². The van der Waals surface area contributed by atoms with Gasteiger partial charge in [0, 0.05) is 10.8 Å². The van der Waals surface area contributed by atoms with E-state index in [1.54, 1.807) is 0 Å². The Hall–Kier alpha value is -0.440. The van der Waals surface area contributed by atoms with Crippen LogP contribution >= 0.6 is 0 Å². The molecule has 2 unspecified atom stereocenters. The van der Waals surface area contributed by atoms with E-state index in [1.807, 2.05) is 0 Å². The van der Waals surface area contributed by atoms with Gasteiger partial charge in [-0.1, -0.05) is 66.2 Å². The van der Waals surface area contributed by atoms with Crippen LogP contribution in [0, 0.1) is 34.5 Å². The maximum Gasteiger partial charge on any atom is 0.0286 e. The Morgan fingerprint density at radius 3 is 1.18 bits per heavy atom. The van der Waals surface area contributed by atoms with E-state index >= 15 is 0 Å². The summed E-state index contributed by atoms with van der Waals surface area (Å²) in [5.41, 5.74) is 0.428. The van der Waals surface area contributed by atoms with Crippen molar-refractivity contribution in [3.63, 3.8) is 0 Å². The molecule has 0 aliphatic heterocycles. The van der Waals surface area contributed by atoms with Gasteiger partial charge in [0.15, 0.2) is 0 Å². The Labute approximate surface area is 141 Å². The maximum atomic E-state index is 3.75. The van der Waals surface area contributed by atoms with Gasteiger partial charge < -0.3 is 0 Å². The van der Waals surface area contributed by atoms with E-state index in [0.29, 0.717) is 0 Å². The normalized spacial score (nSPS) is 17.0. The van der Waals surface area contributed by atoms with Gasteiger partial charge >= 0.3 is 0 Å². The summed E-state index contributed by atoms with van der Waals surface area (Å²) in [4.78, 5) is 0. The second-order valence-electron chi connectivity index (χ2n) is 8.74. The molecule has 130 valence electrons. The van der Waals surface area contributed by atoms with Crippen LogP contribution < -0.4 is 0 Å². The molecule has 0 nitrogen and oxygen atoms in total. The molecule has 0 fully saturated rings. The zero-order chi connectivity index (χ0) is 17.2. The SMILES string of the molecule is CCCC(C)(C#CC(C)(CCC)CCC(C)C)CCC(C)C. The quantitative estimate of drug-likeness (QED) is 0.367. The molecule has 0 saturated heterocycles. The van der Waals surface area contributed by atoms with Gasteiger partial charge in [-0.3, -0.25) is 0 Å². The molecule has 2 atom stereocenters. The first-order chi connectivity index (χ1) is 10.2. The molecule has 0 aliphatic rings. The van der Waals surface area contributed by atoms with Crippen molar-refractivity contribution in [3.05, 3.63) is 0 Å². The van der Waals surface area contributed by atoms with E-state index in [4.69, 9.17) is 0 Å². The third-order valence-electron chi connectivity index (χ3n) is 4.82. The highest BCUT2D eigenvalue weighted by atomic mass is 14.3. The summed E-state index contributed by atoms with van der Waals surface area (Å²) in [5.74, 6) is 9.06. The lowest BCUT2D eigenvalue weighted by Gasteiger charge is -2.28. The minimum absolute atomic E-state index is 0.214. The highest BCUT2D eigenvalue weighted by Gasteiger charge is 2.24. The molecule has 0 aromatic rings. The van der Waals surface area contributed by atoms with Crippen LogP contribution in [0.1, 0.15) is 107 Å². The molecule has 0 saturated carbocycles. The lowest BCUT2D eigenvalue weighted by molar-refractivity contribution is 0.322. The van der Waals surface area contributed by atoms with E-state index in [2.05, 4.69) is 67.2 Å². The summed E-state index contributed by atoms with van der Waals surface area (Å²) in [6.45, 7) is 18.7. The predicted octanol–water partition coefficient (Wildman–Crippen LogP) is 7.48. The van der Waals surface area contributed by atoms with E-state index < -0.39 is 0 Å². The summed E-state index contributed by atoms with van der Waals surface area (Å²) in [6, 6.07) is 0. The molecule has 0 N–H and O–H groups in total. The second-order valence-corrected chi connectivity index (χ2v) is 8.74. The zero-order valence-electron chi connectivity index (χ0n) is 16.8. The van der Waals surface area contributed by atoms with E-state index in [-0.39, 0.29) is 10.8 Å². The molecule has 0 radical (unpaired) electrons. The third kappa shape index (κ3) is 9.55. The van der Waals surface area contributed by atoms with Crippen LogP contribution in [0.5, 0.6) is 0 Å². The van der Waals surface area contributed by atoms with Crippen LogP contribution in [0.15, 0.2) is 0 Å². The van der Waals surface area contributed by atoms with Gasteiger partial charge in [-0.15, -0.1) is 0 Å². The zero-order valence-corrected chi connectivity index (χ0v) is 16.8. The fourth-order valence-corrected chi connectivity index (χ4v) is 3.12. The first-order valence-corrected chi connectivity index (χ1v) is 9.70. The standard InChI is InChI=1S/C22H42/c1-9-13-21(7,15-11-19(3)4)17-18-22(8,14-10-2)16-12-20(5)6/h19-20H,9-16H2,1-8H3. The van der Waals surface area contributed by atoms with Crippen LogP contribution in [-0.4, -0.2) is 0 Å². The van der Waals surface area contributed by atoms with Crippen molar-refractivity contribution < 1.29 is 0 Å². The highest BCUT2D eigenvalue weighted by molar-refractivity contribution is 5.17. The van der Waals surface area contributed by atoms with Gasteiger partial charge in [-0.25, -0.2) is 0 Å². The fourth-order valence-electron chi connectivity index (χ4n) is 3.12. The molecule has 0 spiro atoms. The second kappa shape index (κ2) is 10.4. The summed E-state index contributed by atoms with van der Waals surface area (Å²) in [6.07, 6.45) is 10.0. The molecule has 0 bridgehead atoms. The molecule has 0 aliphatic carbocycles. The minimum Gasteiger partial charge on any atom is -0.0962 e. The Morgan fingerprint density at radius 1 is 0.636 bits per heavy atom. The predicted molar refractivity (Wildman–Crippen MR) is 102 cm³/mol. The lowest BCUT2D eigenvalue weighted by Crippen LogP contribution is -2.19. The monoisotopic (exact) mass is 306 g/mol. The van der Waals surface area contributed by atoms with Crippen molar-refractivity contribution in [2.45, 2.75) is 107 Å². The maximum absolute atomic E-state index is 3.75. The molecule has 0 heterocycles. The lowest BCUT2D eigenvalue weighted by atomic mass is 9.76. The topological polar surface area (TPSA) is 0 Å². The highest BCUT2D eigenvalue weighted by Crippen LogP contribution is 2.34. The number of hydrogen-bond donors (Lipinski definition) is 0. The average molecular weight is 307 g/mol. The van der Waals surface area contributed by atoms with E-state index in [1.165, 1.54) is 51.4 Å². The van der Waals surface area contributed by atoms with Crippen molar-refractivity contribution in [2.75, 3.05) is 0 Å². The number of rotatable bonds is 10. The van der Waals surface area contributed by atoms with Crippen molar-refractivity contribution in [1.82, 2.24) is 0 Å². The van der Waals surface area contributed by atoms with E-state index in [0.717, 1.165) is 11.8 Å². The van der Waals surface area contributed by atoms with Gasteiger partial charge in [0.25, 0.3) is 0 Å². The van der Waals surface area contributed by atoms with Crippen LogP contribution in [0.25, 0.3) is 0 Å². The van der Waals surface area contributed by atoms with E-state index in [9.17, 15) is 0 Å². The first kappa shape index (κ1) is 21.6. The molecule has 0 aromatic heterocycles. The Balaban J connectivity index is 5.06. The fraction of sp³-hybridized carbons (Fsp3) is 0.909. The smallest absolute Gasteiger partial charge is 0.0286 e. The van der Waals surface area contributed by atoms with Crippen LogP contribution in [0.3, 0.4) is 0 Å². The van der Waals surface area contributed by atoms with Gasteiger partial charge in [0.1, 0.15) is 0 Å². The molecular weight excluding hydrogens is 264 g/mol. The largest absolute Gasteiger partial charge is 0.0962 e. The van der Waals surface area contributed by atoms with Crippen molar-refractivity contribution in [1.29, 1.82) is 0 Å². The van der Waals surface area contributed by atoms with Crippen molar-refractivity contribution in [3.8, 4) is 11.8 Å². The summed E-state index contributed by atoms with van der Waals surface area (Å²) in [5, 5.41) is 0. The third-order valence-corrected chi connectivity index (χ3v) is 4.82. The number of hydrogen-bond acceptors (Lipinski definition) is 0. The van der Waals surface area contributed by atoms with Crippen LogP contribution in [-0.2, 0) is 0 Å². The molecule has 0 aromatic carbocycles. The summed E-state index contributed by atoms with van der Waals surface area (Å²) < 4.78 is 0. The molecular formula is C22H42. The molecule has 0 amide bonds. The van der Waals surface area contributed by atoms with Crippen molar-refractivity contribution in [2.24, 2.45) is 22.7 Å². The minimum atomic E-state index is 0.214. The van der Waals surface area contributed by atoms with Gasteiger partial charge in [-0.2, -0.15) is 0 Å². The Kier molecular flexibility index (Phi) is 10.1.